The summed E-state index contributed by atoms with van der Waals surface area (Å²) < 4.78 is 5.09. The predicted octanol–water partition coefficient (Wildman–Crippen LogP) is 2.20. The number of nitrogens with zero attached hydrogens (tertiary/aromatic N) is 1. The van der Waals surface area contributed by atoms with Gasteiger partial charge in [0.15, 0.2) is 0 Å². The zero-order valence-corrected chi connectivity index (χ0v) is 9.58. The molecule has 5 heteroatoms. The van der Waals surface area contributed by atoms with Gasteiger partial charge in [0.25, 0.3) is 0 Å². The van der Waals surface area contributed by atoms with Crippen LogP contribution in [0.4, 0.5) is 0 Å². The normalized spacial score (nSPS) is 10.4. The molecule has 0 radical (unpaired) electrons. The largest absolute Gasteiger partial charge is 0.497 e. The Balaban J connectivity index is 2.48. The standard InChI is InChI=1S/C11H12ClN3O/c1-16-7-2-3-8(10(12)4-7)9-6-14-15-11(9)5-13/h2-4,6H,5,13H2,1H3,(H,14,15). The molecule has 0 saturated heterocycles. The number of ether oxygens (including phenoxy) is 1. The molecular weight excluding hydrogens is 226 g/mol. The van der Waals surface area contributed by atoms with Crippen molar-refractivity contribution < 1.29 is 4.74 Å². The van der Waals surface area contributed by atoms with E-state index in [1.54, 1.807) is 19.4 Å². The lowest BCUT2D eigenvalue weighted by Gasteiger charge is -2.06. The molecule has 0 aliphatic heterocycles. The monoisotopic (exact) mass is 237 g/mol. The van der Waals surface area contributed by atoms with Crippen LogP contribution in [-0.4, -0.2) is 17.3 Å². The van der Waals surface area contributed by atoms with Crippen LogP contribution in [0.15, 0.2) is 24.4 Å². The first-order valence-electron chi connectivity index (χ1n) is 4.82. The molecule has 0 fully saturated rings. The van der Waals surface area contributed by atoms with Crippen LogP contribution in [0.3, 0.4) is 0 Å². The molecule has 0 unspecified atom stereocenters. The summed E-state index contributed by atoms with van der Waals surface area (Å²) in [4.78, 5) is 0. The van der Waals surface area contributed by atoms with Gasteiger partial charge in [0.05, 0.1) is 24.0 Å². The van der Waals surface area contributed by atoms with Crippen molar-refractivity contribution in [2.75, 3.05) is 7.11 Å². The van der Waals surface area contributed by atoms with E-state index in [4.69, 9.17) is 22.1 Å². The summed E-state index contributed by atoms with van der Waals surface area (Å²) in [5.41, 5.74) is 8.29. The number of halogens is 1. The number of rotatable bonds is 3. The number of aromatic nitrogens is 2. The fourth-order valence-electron chi connectivity index (χ4n) is 1.54. The summed E-state index contributed by atoms with van der Waals surface area (Å²) in [6.45, 7) is 0.400. The molecule has 2 aromatic rings. The maximum atomic E-state index is 6.17. The Hall–Kier alpha value is -1.52. The van der Waals surface area contributed by atoms with Crippen LogP contribution in [0.1, 0.15) is 5.69 Å². The number of H-pyrrole nitrogens is 1. The van der Waals surface area contributed by atoms with E-state index in [1.807, 2.05) is 12.1 Å². The van der Waals surface area contributed by atoms with Crippen LogP contribution >= 0.6 is 11.6 Å². The molecule has 16 heavy (non-hydrogen) atoms. The quantitative estimate of drug-likeness (QED) is 0.860. The van der Waals surface area contributed by atoms with Crippen molar-refractivity contribution in [3.05, 3.63) is 35.1 Å². The van der Waals surface area contributed by atoms with Crippen molar-refractivity contribution in [1.82, 2.24) is 10.2 Å². The van der Waals surface area contributed by atoms with Crippen LogP contribution < -0.4 is 10.5 Å². The Kier molecular flexibility index (Phi) is 3.12. The lowest BCUT2D eigenvalue weighted by atomic mass is 10.1. The molecule has 4 nitrogen and oxygen atoms in total. The second-order valence-electron chi connectivity index (χ2n) is 3.31. The molecule has 3 N–H and O–H groups in total. The predicted molar refractivity (Wildman–Crippen MR) is 63.5 cm³/mol. The number of aromatic amines is 1. The topological polar surface area (TPSA) is 63.9 Å². The molecule has 0 aliphatic rings. The smallest absolute Gasteiger partial charge is 0.120 e. The van der Waals surface area contributed by atoms with Gasteiger partial charge in [-0.2, -0.15) is 5.10 Å². The minimum atomic E-state index is 0.400. The van der Waals surface area contributed by atoms with Gasteiger partial charge in [-0.15, -0.1) is 0 Å². The minimum absolute atomic E-state index is 0.400. The zero-order chi connectivity index (χ0) is 11.5. The molecular formula is C11H12ClN3O. The Morgan fingerprint density at radius 2 is 2.25 bits per heavy atom. The van der Waals surface area contributed by atoms with Crippen molar-refractivity contribution in [3.63, 3.8) is 0 Å². The van der Waals surface area contributed by atoms with Crippen LogP contribution in [0, 0.1) is 0 Å². The number of nitrogens with one attached hydrogen (secondary N) is 1. The first kappa shape index (κ1) is 11.0. The third-order valence-corrected chi connectivity index (χ3v) is 2.70. The summed E-state index contributed by atoms with van der Waals surface area (Å²) in [5.74, 6) is 0.728. The number of hydrogen-bond donors (Lipinski definition) is 2. The van der Waals surface area contributed by atoms with Crippen LogP contribution in [0.25, 0.3) is 11.1 Å². The Labute approximate surface area is 98.4 Å². The molecule has 2 rings (SSSR count). The SMILES string of the molecule is COc1ccc(-c2cn[nH]c2CN)c(Cl)c1. The van der Waals surface area contributed by atoms with E-state index < -0.39 is 0 Å². The lowest BCUT2D eigenvalue weighted by molar-refractivity contribution is 0.415. The van der Waals surface area contributed by atoms with Gasteiger partial charge in [0.1, 0.15) is 5.75 Å². The van der Waals surface area contributed by atoms with E-state index in [2.05, 4.69) is 10.2 Å². The maximum Gasteiger partial charge on any atom is 0.120 e. The number of benzene rings is 1. The van der Waals surface area contributed by atoms with E-state index in [0.29, 0.717) is 11.6 Å². The first-order valence-corrected chi connectivity index (χ1v) is 5.20. The van der Waals surface area contributed by atoms with E-state index in [1.165, 1.54) is 0 Å². The van der Waals surface area contributed by atoms with E-state index in [0.717, 1.165) is 22.6 Å². The third kappa shape index (κ3) is 1.89. The fourth-order valence-corrected chi connectivity index (χ4v) is 1.81. The summed E-state index contributed by atoms with van der Waals surface area (Å²) in [6, 6.07) is 5.52. The molecule has 0 bridgehead atoms. The Morgan fingerprint density at radius 1 is 1.44 bits per heavy atom. The van der Waals surface area contributed by atoms with E-state index in [9.17, 15) is 0 Å². The molecule has 0 saturated carbocycles. The Morgan fingerprint density at radius 3 is 2.88 bits per heavy atom. The summed E-state index contributed by atoms with van der Waals surface area (Å²) in [7, 11) is 1.61. The molecule has 1 heterocycles. The summed E-state index contributed by atoms with van der Waals surface area (Å²) in [5, 5.41) is 7.42. The molecule has 84 valence electrons. The second-order valence-corrected chi connectivity index (χ2v) is 3.72. The van der Waals surface area contributed by atoms with Gasteiger partial charge in [0, 0.05) is 17.7 Å². The second kappa shape index (κ2) is 4.55. The van der Waals surface area contributed by atoms with Crippen LogP contribution in [-0.2, 0) is 6.54 Å². The summed E-state index contributed by atoms with van der Waals surface area (Å²) >= 11 is 6.17. The first-order chi connectivity index (χ1) is 7.76. The van der Waals surface area contributed by atoms with Gasteiger partial charge >= 0.3 is 0 Å². The molecule has 1 aromatic carbocycles. The Bertz CT molecular complexity index is 496. The molecule has 0 aliphatic carbocycles. The van der Waals surface area contributed by atoms with E-state index in [-0.39, 0.29) is 0 Å². The molecule has 0 atom stereocenters. The fraction of sp³-hybridized carbons (Fsp3) is 0.182. The van der Waals surface area contributed by atoms with Gasteiger partial charge in [-0.1, -0.05) is 11.6 Å². The van der Waals surface area contributed by atoms with Crippen LogP contribution in [0.5, 0.6) is 5.75 Å². The average Bonchev–Trinajstić information content (AvgIpc) is 2.76. The highest BCUT2D eigenvalue weighted by molar-refractivity contribution is 6.33. The van der Waals surface area contributed by atoms with Gasteiger partial charge in [-0.25, -0.2) is 0 Å². The number of methoxy groups -OCH3 is 1. The van der Waals surface area contributed by atoms with E-state index >= 15 is 0 Å². The zero-order valence-electron chi connectivity index (χ0n) is 8.83. The third-order valence-electron chi connectivity index (χ3n) is 2.39. The number of nitrogens with two attached hydrogens (primary N) is 1. The molecule has 0 spiro atoms. The van der Waals surface area contributed by atoms with Crippen LogP contribution in [0.2, 0.25) is 5.02 Å². The average molecular weight is 238 g/mol. The van der Waals surface area contributed by atoms with Crippen molar-refractivity contribution in [3.8, 4) is 16.9 Å². The highest BCUT2D eigenvalue weighted by Gasteiger charge is 2.10. The van der Waals surface area contributed by atoms with Crippen molar-refractivity contribution >= 4 is 11.6 Å². The highest BCUT2D eigenvalue weighted by Crippen LogP contribution is 2.32. The molecule has 0 amide bonds. The summed E-state index contributed by atoms with van der Waals surface area (Å²) in [6.07, 6.45) is 1.72. The van der Waals surface area contributed by atoms with Gasteiger partial charge in [-0.3, -0.25) is 5.10 Å². The lowest BCUT2D eigenvalue weighted by Crippen LogP contribution is -1.98. The van der Waals surface area contributed by atoms with Gasteiger partial charge in [0.2, 0.25) is 0 Å². The number of hydrogen-bond acceptors (Lipinski definition) is 3. The highest BCUT2D eigenvalue weighted by atomic mass is 35.5. The van der Waals surface area contributed by atoms with Crippen molar-refractivity contribution in [2.45, 2.75) is 6.54 Å². The maximum absolute atomic E-state index is 6.17. The van der Waals surface area contributed by atoms with Gasteiger partial charge in [-0.05, 0) is 18.2 Å². The van der Waals surface area contributed by atoms with Gasteiger partial charge < -0.3 is 10.5 Å². The minimum Gasteiger partial charge on any atom is -0.497 e. The van der Waals surface area contributed by atoms with Crippen molar-refractivity contribution in [1.29, 1.82) is 0 Å². The van der Waals surface area contributed by atoms with Crippen molar-refractivity contribution in [2.24, 2.45) is 5.73 Å². The molecule has 1 aromatic heterocycles.